The predicted molar refractivity (Wildman–Crippen MR) is 129 cm³/mol. The summed E-state index contributed by atoms with van der Waals surface area (Å²) in [6, 6.07) is 8.94. The van der Waals surface area contributed by atoms with Gasteiger partial charge in [0.15, 0.2) is 11.5 Å². The lowest BCUT2D eigenvalue weighted by Crippen LogP contribution is -2.32. The number of amides is 1. The van der Waals surface area contributed by atoms with Gasteiger partial charge >= 0.3 is 0 Å². The molecule has 2 aromatic carbocycles. The van der Waals surface area contributed by atoms with E-state index in [0.29, 0.717) is 40.7 Å². The van der Waals surface area contributed by atoms with Crippen LogP contribution in [0.25, 0.3) is 5.76 Å². The van der Waals surface area contributed by atoms with Crippen molar-refractivity contribution in [3.63, 3.8) is 0 Å². The number of aliphatic hydroxyl groups excluding tert-OH is 1. The zero-order valence-electron chi connectivity index (χ0n) is 20.2. The fraction of sp³-hybridized carbons (Fsp3) is 0.308. The van der Waals surface area contributed by atoms with E-state index in [9.17, 15) is 14.7 Å². The molecule has 3 rings (SSSR count). The molecule has 1 atom stereocenters. The minimum absolute atomic E-state index is 0.0554. The van der Waals surface area contributed by atoms with Crippen LogP contribution in [0.1, 0.15) is 17.2 Å². The van der Waals surface area contributed by atoms with E-state index in [1.54, 1.807) is 42.5 Å². The van der Waals surface area contributed by atoms with Gasteiger partial charge in [0, 0.05) is 19.2 Å². The van der Waals surface area contributed by atoms with E-state index >= 15 is 0 Å². The lowest BCUT2D eigenvalue weighted by Gasteiger charge is -2.26. The molecule has 1 fully saturated rings. The van der Waals surface area contributed by atoms with Crippen molar-refractivity contribution in [2.75, 3.05) is 48.2 Å². The van der Waals surface area contributed by atoms with Crippen LogP contribution in [-0.4, -0.2) is 69.9 Å². The number of carbonyl (C=O) groups excluding carboxylic acids is 2. The van der Waals surface area contributed by atoms with Crippen molar-refractivity contribution in [1.29, 1.82) is 0 Å². The number of nitrogens with zero attached hydrogens (tertiary/aromatic N) is 1. The maximum Gasteiger partial charge on any atom is 0.295 e. The molecule has 2 aromatic rings. The highest BCUT2D eigenvalue weighted by Gasteiger charge is 2.46. The number of carbonyl (C=O) groups is 2. The molecule has 0 aliphatic carbocycles. The van der Waals surface area contributed by atoms with Gasteiger partial charge in [0.1, 0.15) is 18.1 Å². The molecule has 35 heavy (non-hydrogen) atoms. The molecule has 9 nitrogen and oxygen atoms in total. The molecule has 0 radical (unpaired) electrons. The van der Waals surface area contributed by atoms with Crippen LogP contribution in [0.3, 0.4) is 0 Å². The fourth-order valence-electron chi connectivity index (χ4n) is 3.93. The van der Waals surface area contributed by atoms with Crippen molar-refractivity contribution < 1.29 is 38.4 Å². The van der Waals surface area contributed by atoms with E-state index in [0.717, 1.165) is 0 Å². The van der Waals surface area contributed by atoms with Crippen LogP contribution in [-0.2, 0) is 14.3 Å². The van der Waals surface area contributed by atoms with Crippen LogP contribution in [0.5, 0.6) is 23.0 Å². The van der Waals surface area contributed by atoms with Gasteiger partial charge in [-0.2, -0.15) is 0 Å². The largest absolute Gasteiger partial charge is 0.507 e. The van der Waals surface area contributed by atoms with E-state index in [-0.39, 0.29) is 24.5 Å². The summed E-state index contributed by atoms with van der Waals surface area (Å²) in [4.78, 5) is 27.5. The van der Waals surface area contributed by atoms with Crippen molar-refractivity contribution in [2.45, 2.75) is 6.04 Å². The third-order valence-electron chi connectivity index (χ3n) is 5.57. The molecule has 1 heterocycles. The van der Waals surface area contributed by atoms with Crippen LogP contribution in [0.2, 0.25) is 0 Å². The lowest BCUT2D eigenvalue weighted by molar-refractivity contribution is -0.140. The topological polar surface area (TPSA) is 104 Å². The number of ether oxygens (including phenoxy) is 5. The van der Waals surface area contributed by atoms with Gasteiger partial charge in [-0.05, 0) is 42.0 Å². The van der Waals surface area contributed by atoms with E-state index in [1.807, 2.05) is 0 Å². The minimum Gasteiger partial charge on any atom is -0.507 e. The minimum atomic E-state index is -0.907. The summed E-state index contributed by atoms with van der Waals surface area (Å²) in [6.07, 6.45) is 1.62. The van der Waals surface area contributed by atoms with Crippen molar-refractivity contribution in [3.8, 4) is 23.0 Å². The molecule has 0 aromatic heterocycles. The first-order valence-electron chi connectivity index (χ1n) is 10.8. The number of hydrogen-bond donors (Lipinski definition) is 1. The Morgan fingerprint density at radius 3 is 2.17 bits per heavy atom. The third kappa shape index (κ3) is 5.09. The van der Waals surface area contributed by atoms with Gasteiger partial charge in [0.25, 0.3) is 11.7 Å². The lowest BCUT2D eigenvalue weighted by atomic mass is 9.94. The summed E-state index contributed by atoms with van der Waals surface area (Å²) < 4.78 is 26.9. The molecule has 0 spiro atoms. The number of aliphatic hydroxyl groups is 1. The zero-order valence-corrected chi connectivity index (χ0v) is 20.2. The Balaban J connectivity index is 2.18. The van der Waals surface area contributed by atoms with Crippen molar-refractivity contribution in [3.05, 3.63) is 65.8 Å². The van der Waals surface area contributed by atoms with Gasteiger partial charge < -0.3 is 33.7 Å². The first-order valence-corrected chi connectivity index (χ1v) is 10.8. The second kappa shape index (κ2) is 11.4. The maximum absolute atomic E-state index is 13.1. The second-order valence-electron chi connectivity index (χ2n) is 7.57. The number of methoxy groups -OCH3 is 4. The fourth-order valence-corrected chi connectivity index (χ4v) is 3.93. The summed E-state index contributed by atoms with van der Waals surface area (Å²) in [5.74, 6) is -0.216. The van der Waals surface area contributed by atoms with E-state index in [2.05, 4.69) is 6.58 Å². The Bertz CT molecular complexity index is 1100. The molecule has 0 bridgehead atoms. The Labute approximate surface area is 204 Å². The van der Waals surface area contributed by atoms with Crippen molar-refractivity contribution >= 4 is 17.4 Å². The van der Waals surface area contributed by atoms with Crippen LogP contribution < -0.4 is 18.9 Å². The number of rotatable bonds is 11. The Kier molecular flexibility index (Phi) is 8.38. The van der Waals surface area contributed by atoms with Crippen molar-refractivity contribution in [1.82, 2.24) is 4.90 Å². The number of hydrogen-bond acceptors (Lipinski definition) is 8. The number of benzene rings is 2. The molecule has 1 aliphatic rings. The number of Topliss-reactive ketones (excluding diaryl/α,β-unsaturated/α-hetero) is 1. The van der Waals surface area contributed by atoms with Crippen LogP contribution >= 0.6 is 0 Å². The third-order valence-corrected chi connectivity index (χ3v) is 5.57. The maximum atomic E-state index is 13.1. The molecule has 1 aliphatic heterocycles. The standard InChI is InChI=1S/C26H29NO8/c1-6-12-35-18-9-7-16(8-10-18)23(28)21-22(27(11-13-31-2)26(30)24(21)29)17-14-19(32-3)25(34-5)20(15-17)33-4/h6-10,14-15,22,28H,1,11-13H2,2-5H3/b23-21+/t22-/m0/s1. The van der Waals surface area contributed by atoms with Gasteiger partial charge in [-0.3, -0.25) is 9.59 Å². The molecule has 186 valence electrons. The van der Waals surface area contributed by atoms with Gasteiger partial charge in [-0.25, -0.2) is 0 Å². The molecule has 1 saturated heterocycles. The monoisotopic (exact) mass is 483 g/mol. The van der Waals surface area contributed by atoms with Crippen molar-refractivity contribution in [2.24, 2.45) is 0 Å². The van der Waals surface area contributed by atoms with Gasteiger partial charge in [-0.1, -0.05) is 12.7 Å². The molecule has 1 N–H and O–H groups in total. The Morgan fingerprint density at radius 2 is 1.66 bits per heavy atom. The van der Waals surface area contributed by atoms with E-state index < -0.39 is 17.7 Å². The summed E-state index contributed by atoms with van der Waals surface area (Å²) in [7, 11) is 5.92. The number of ketones is 1. The van der Waals surface area contributed by atoms with Gasteiger partial charge in [0.2, 0.25) is 5.75 Å². The molecule has 0 unspecified atom stereocenters. The van der Waals surface area contributed by atoms with E-state index in [1.165, 1.54) is 33.3 Å². The second-order valence-corrected chi connectivity index (χ2v) is 7.57. The SMILES string of the molecule is C=CCOc1ccc(/C(O)=C2\C(=O)C(=O)N(CCOC)[C@H]2c2cc(OC)c(OC)c(OC)c2)cc1. The van der Waals surface area contributed by atoms with Crippen LogP contribution in [0.4, 0.5) is 0 Å². The normalized spacial score (nSPS) is 16.8. The quantitative estimate of drug-likeness (QED) is 0.225. The molecule has 0 saturated carbocycles. The van der Waals surface area contributed by atoms with Gasteiger partial charge in [0.05, 0.1) is 39.6 Å². The first kappa shape index (κ1) is 25.6. The highest BCUT2D eigenvalue weighted by molar-refractivity contribution is 6.46. The Morgan fingerprint density at radius 1 is 1.03 bits per heavy atom. The average molecular weight is 484 g/mol. The highest BCUT2D eigenvalue weighted by Crippen LogP contribution is 2.45. The smallest absolute Gasteiger partial charge is 0.295 e. The Hall–Kier alpha value is -3.98. The highest BCUT2D eigenvalue weighted by atomic mass is 16.5. The molecular weight excluding hydrogens is 454 g/mol. The predicted octanol–water partition coefficient (Wildman–Crippen LogP) is 3.35. The molecular formula is C26H29NO8. The summed E-state index contributed by atoms with van der Waals surface area (Å²) in [6.45, 7) is 4.27. The first-order chi connectivity index (χ1) is 16.9. The molecule has 9 heteroatoms. The summed E-state index contributed by atoms with van der Waals surface area (Å²) in [5, 5.41) is 11.2. The van der Waals surface area contributed by atoms with E-state index in [4.69, 9.17) is 23.7 Å². The summed E-state index contributed by atoms with van der Waals surface area (Å²) in [5.41, 5.74) is 0.806. The van der Waals surface area contributed by atoms with Gasteiger partial charge in [-0.15, -0.1) is 0 Å². The molecule has 1 amide bonds. The zero-order chi connectivity index (χ0) is 25.5. The average Bonchev–Trinajstić information content (AvgIpc) is 3.14. The number of likely N-dealkylation sites (tertiary alicyclic amines) is 1. The summed E-state index contributed by atoms with van der Waals surface area (Å²) >= 11 is 0. The van der Waals surface area contributed by atoms with Crippen LogP contribution in [0.15, 0.2) is 54.6 Å². The van der Waals surface area contributed by atoms with Crippen LogP contribution in [0, 0.1) is 0 Å².